The molecule has 1 aromatic heterocycles. The van der Waals surface area contributed by atoms with Crippen molar-refractivity contribution in [3.63, 3.8) is 0 Å². The minimum atomic E-state index is -0.481. The van der Waals surface area contributed by atoms with Crippen LogP contribution in [0.3, 0.4) is 0 Å². The monoisotopic (exact) mass is 679 g/mol. The molecule has 2 fully saturated rings. The van der Waals surface area contributed by atoms with Gasteiger partial charge in [0.05, 0.1) is 10.4 Å². The zero-order valence-electron chi connectivity index (χ0n) is 25.7. The number of rotatable bonds is 6. The highest BCUT2D eigenvalue weighted by Gasteiger charge is 2.22. The summed E-state index contributed by atoms with van der Waals surface area (Å²) in [6, 6.07) is 20.2. The number of nitrogens with zero attached hydrogens (tertiary/aromatic N) is 2. The lowest BCUT2D eigenvalue weighted by Crippen LogP contribution is -2.36. The van der Waals surface area contributed by atoms with E-state index in [1.54, 1.807) is 0 Å². The molecule has 3 aromatic carbocycles. The van der Waals surface area contributed by atoms with Gasteiger partial charge >= 0.3 is 0 Å². The van der Waals surface area contributed by atoms with Crippen molar-refractivity contribution in [2.45, 2.75) is 45.6 Å². The Morgan fingerprint density at radius 3 is 2.35 bits per heavy atom. The van der Waals surface area contributed by atoms with Crippen LogP contribution >= 0.6 is 34.8 Å². The van der Waals surface area contributed by atoms with E-state index in [2.05, 4.69) is 22.3 Å². The number of para-hydroxylation sites is 1. The van der Waals surface area contributed by atoms with Crippen LogP contribution in [0.1, 0.15) is 53.8 Å². The second-order valence-corrected chi connectivity index (χ2v) is 12.8. The van der Waals surface area contributed by atoms with Crippen LogP contribution in [0.15, 0.2) is 87.6 Å². The van der Waals surface area contributed by atoms with Crippen molar-refractivity contribution in [2.24, 2.45) is 0 Å². The van der Waals surface area contributed by atoms with Crippen LogP contribution < -0.4 is 15.6 Å². The fourth-order valence-electron chi connectivity index (χ4n) is 5.63. The first-order valence-corrected chi connectivity index (χ1v) is 16.5. The Labute approximate surface area is 283 Å². The zero-order valence-corrected chi connectivity index (χ0v) is 27.9. The van der Waals surface area contributed by atoms with Gasteiger partial charge in [0.25, 0.3) is 5.91 Å². The van der Waals surface area contributed by atoms with E-state index in [9.17, 15) is 14.4 Å². The molecule has 4 aromatic rings. The summed E-state index contributed by atoms with van der Waals surface area (Å²) in [5.74, 6) is -0.332. The van der Waals surface area contributed by atoms with E-state index >= 15 is 0 Å². The zero-order chi connectivity index (χ0) is 32.6. The Hall–Kier alpha value is -3.78. The molecule has 0 spiro atoms. The number of hydrogen-bond donors (Lipinski definition) is 1. The van der Waals surface area contributed by atoms with Crippen molar-refractivity contribution in [1.29, 1.82) is 0 Å². The highest BCUT2D eigenvalue weighted by atomic mass is 35.5. The number of benzene rings is 3. The summed E-state index contributed by atoms with van der Waals surface area (Å²) in [6.07, 6.45) is 6.49. The molecule has 0 unspecified atom stereocenters. The Kier molecular flexibility index (Phi) is 11.4. The van der Waals surface area contributed by atoms with Crippen LogP contribution in [-0.4, -0.2) is 42.9 Å². The molecule has 240 valence electrons. The molecule has 6 rings (SSSR count). The SMILES string of the molecule is Cc1ccc(Cl)cc1.O=C(NCC=C1CCN(c2ccccc2CN2CCCCC2=O)CC1)c1cc(=O)c2cc(Cl)cc(Cl)c2o1. The lowest BCUT2D eigenvalue weighted by atomic mass is 10.0. The van der Waals surface area contributed by atoms with Crippen LogP contribution in [0, 0.1) is 6.92 Å². The molecule has 2 amide bonds. The number of piperidine rings is 2. The van der Waals surface area contributed by atoms with E-state index in [0.717, 1.165) is 56.4 Å². The first kappa shape index (κ1) is 33.6. The average molecular weight is 681 g/mol. The largest absolute Gasteiger partial charge is 0.449 e. The van der Waals surface area contributed by atoms with Gasteiger partial charge in [0.15, 0.2) is 16.8 Å². The average Bonchev–Trinajstić information content (AvgIpc) is 3.05. The molecule has 46 heavy (non-hydrogen) atoms. The molecule has 0 bridgehead atoms. The van der Waals surface area contributed by atoms with Crippen LogP contribution in [0.25, 0.3) is 11.0 Å². The molecule has 2 aliphatic rings. The van der Waals surface area contributed by atoms with Crippen molar-refractivity contribution < 1.29 is 14.0 Å². The van der Waals surface area contributed by atoms with E-state index in [1.165, 1.54) is 34.5 Å². The fourth-order valence-corrected chi connectivity index (χ4v) is 6.29. The lowest BCUT2D eigenvalue weighted by molar-refractivity contribution is -0.133. The van der Waals surface area contributed by atoms with Gasteiger partial charge in [-0.1, -0.05) is 82.3 Å². The standard InChI is InChI=1S/C29H29Cl2N3O4.C7H7Cl/c30-21-15-22-25(35)17-26(38-28(22)23(31)16-21)29(37)32-11-8-19-9-13-33(14-10-19)24-6-2-1-5-20(24)18-34-12-4-3-7-27(34)36;1-6-2-4-7(8)5-3-6/h1-2,5-6,8,15-17H,3-4,7,9-14,18H2,(H,32,37);2-5H,1H3. The summed E-state index contributed by atoms with van der Waals surface area (Å²) in [6.45, 7) is 5.59. The maximum atomic E-state index is 12.6. The molecule has 2 saturated heterocycles. The van der Waals surface area contributed by atoms with Crippen LogP contribution in [0.4, 0.5) is 5.69 Å². The number of aryl methyl sites for hydroxylation is 1. The molecule has 0 aliphatic carbocycles. The van der Waals surface area contributed by atoms with E-state index < -0.39 is 5.91 Å². The number of nitrogens with one attached hydrogen (secondary N) is 1. The number of carbonyl (C=O) groups excluding carboxylic acids is 2. The van der Waals surface area contributed by atoms with Gasteiger partial charge in [-0.05, 0) is 68.5 Å². The third-order valence-corrected chi connectivity index (χ3v) is 8.91. The summed E-state index contributed by atoms with van der Waals surface area (Å²) in [4.78, 5) is 41.7. The third-order valence-electron chi connectivity index (χ3n) is 8.16. The predicted octanol–water partition coefficient (Wildman–Crippen LogP) is 8.22. The van der Waals surface area contributed by atoms with Gasteiger partial charge < -0.3 is 19.5 Å². The number of carbonyl (C=O) groups is 2. The fraction of sp³-hybridized carbons (Fsp3) is 0.306. The lowest BCUT2D eigenvalue weighted by Gasteiger charge is -2.34. The topological polar surface area (TPSA) is 82.9 Å². The van der Waals surface area contributed by atoms with Gasteiger partial charge in [0.1, 0.15) is 0 Å². The van der Waals surface area contributed by atoms with Gasteiger partial charge in [0.2, 0.25) is 5.91 Å². The molecular formula is C36H36Cl3N3O4. The van der Waals surface area contributed by atoms with Crippen LogP contribution in [0.2, 0.25) is 15.1 Å². The molecule has 10 heteroatoms. The smallest absolute Gasteiger partial charge is 0.287 e. The van der Waals surface area contributed by atoms with Crippen molar-refractivity contribution >= 4 is 63.3 Å². The Morgan fingerprint density at radius 2 is 1.63 bits per heavy atom. The number of fused-ring (bicyclic) bond motifs is 1. The normalized spacial score (nSPS) is 15.0. The Balaban J connectivity index is 0.000000455. The van der Waals surface area contributed by atoms with Gasteiger partial charge in [-0.3, -0.25) is 14.4 Å². The third kappa shape index (κ3) is 8.72. The molecule has 7 nitrogen and oxygen atoms in total. The minimum Gasteiger partial charge on any atom is -0.449 e. The van der Waals surface area contributed by atoms with Gasteiger partial charge in [-0.15, -0.1) is 0 Å². The molecule has 0 atom stereocenters. The van der Waals surface area contributed by atoms with E-state index in [-0.39, 0.29) is 33.1 Å². The number of likely N-dealkylation sites (tertiary alicyclic amines) is 1. The van der Waals surface area contributed by atoms with E-state index in [0.29, 0.717) is 24.5 Å². The molecule has 1 N–H and O–H groups in total. The summed E-state index contributed by atoms with van der Waals surface area (Å²) in [7, 11) is 0. The summed E-state index contributed by atoms with van der Waals surface area (Å²) >= 11 is 17.7. The number of anilines is 1. The molecule has 0 saturated carbocycles. The minimum absolute atomic E-state index is 0.0938. The summed E-state index contributed by atoms with van der Waals surface area (Å²) in [5.41, 5.74) is 4.64. The molecule has 2 aliphatic heterocycles. The maximum absolute atomic E-state index is 12.6. The van der Waals surface area contributed by atoms with Gasteiger partial charge in [0, 0.05) is 60.9 Å². The molecule has 0 radical (unpaired) electrons. The van der Waals surface area contributed by atoms with Crippen molar-refractivity contribution in [3.05, 3.63) is 121 Å². The highest BCUT2D eigenvalue weighted by Crippen LogP contribution is 2.29. The number of hydrogen-bond acceptors (Lipinski definition) is 5. The predicted molar refractivity (Wildman–Crippen MR) is 186 cm³/mol. The van der Waals surface area contributed by atoms with Crippen molar-refractivity contribution in [2.75, 3.05) is 31.1 Å². The van der Waals surface area contributed by atoms with Crippen LogP contribution in [0.5, 0.6) is 0 Å². The highest BCUT2D eigenvalue weighted by molar-refractivity contribution is 6.38. The number of halogens is 3. The molecule has 3 heterocycles. The number of amides is 2. The van der Waals surface area contributed by atoms with E-state index in [1.807, 2.05) is 54.3 Å². The van der Waals surface area contributed by atoms with Gasteiger partial charge in [-0.2, -0.15) is 0 Å². The maximum Gasteiger partial charge on any atom is 0.287 e. The van der Waals surface area contributed by atoms with E-state index in [4.69, 9.17) is 39.2 Å². The van der Waals surface area contributed by atoms with Gasteiger partial charge in [-0.25, -0.2) is 0 Å². The first-order valence-electron chi connectivity index (χ1n) is 15.4. The second kappa shape index (κ2) is 15.7. The Morgan fingerprint density at radius 1 is 0.891 bits per heavy atom. The van der Waals surface area contributed by atoms with Crippen molar-refractivity contribution in [3.8, 4) is 0 Å². The quantitative estimate of drug-likeness (QED) is 0.208. The molecular weight excluding hydrogens is 645 g/mol. The van der Waals surface area contributed by atoms with Crippen LogP contribution in [-0.2, 0) is 11.3 Å². The van der Waals surface area contributed by atoms with Crippen molar-refractivity contribution in [1.82, 2.24) is 10.2 Å². The summed E-state index contributed by atoms with van der Waals surface area (Å²) < 4.78 is 5.61. The Bertz CT molecular complexity index is 1770. The first-order chi connectivity index (χ1) is 22.2. The second-order valence-electron chi connectivity index (χ2n) is 11.5. The summed E-state index contributed by atoms with van der Waals surface area (Å²) in [5, 5.41) is 4.34.